The van der Waals surface area contributed by atoms with Crippen LogP contribution in [0.5, 0.6) is 11.5 Å². The molecule has 1 aliphatic heterocycles. The molecule has 3 aliphatic rings. The van der Waals surface area contributed by atoms with Crippen molar-refractivity contribution in [2.75, 3.05) is 0 Å². The summed E-state index contributed by atoms with van der Waals surface area (Å²) in [7, 11) is 0. The fraction of sp³-hybridized carbons (Fsp3) is 0.400. The number of ether oxygens (including phenoxy) is 2. The van der Waals surface area contributed by atoms with Gasteiger partial charge in [0.15, 0.2) is 23.3 Å². The molecule has 4 atom stereocenters. The zero-order valence-electron chi connectivity index (χ0n) is 18.1. The summed E-state index contributed by atoms with van der Waals surface area (Å²) in [5.41, 5.74) is -0.124. The number of phenolic OH excluding ortho intramolecular Hbond substituents is 2. The van der Waals surface area contributed by atoms with E-state index in [1.165, 1.54) is 12.1 Å². The Bertz CT molecular complexity index is 1200. The maximum atomic E-state index is 13.3. The smallest absolute Gasteiger partial charge is 0.306 e. The molecule has 2 aromatic carbocycles. The molecule has 5 rings (SSSR count). The van der Waals surface area contributed by atoms with E-state index in [0.29, 0.717) is 12.3 Å². The van der Waals surface area contributed by atoms with Gasteiger partial charge in [0.2, 0.25) is 0 Å². The molecular formula is C25H24O7. The van der Waals surface area contributed by atoms with Crippen molar-refractivity contribution in [1.82, 2.24) is 0 Å². The van der Waals surface area contributed by atoms with Crippen molar-refractivity contribution in [2.45, 2.75) is 57.8 Å². The van der Waals surface area contributed by atoms with E-state index in [2.05, 4.69) is 13.8 Å². The van der Waals surface area contributed by atoms with Crippen LogP contribution in [0.2, 0.25) is 0 Å². The monoisotopic (exact) mass is 436 g/mol. The summed E-state index contributed by atoms with van der Waals surface area (Å²) in [6, 6.07) is 5.81. The number of aromatic hydroxyl groups is 2. The van der Waals surface area contributed by atoms with Gasteiger partial charge in [-0.05, 0) is 31.4 Å². The quantitative estimate of drug-likeness (QED) is 0.458. The van der Waals surface area contributed by atoms with Crippen LogP contribution < -0.4 is 0 Å². The van der Waals surface area contributed by atoms with Crippen molar-refractivity contribution in [3.05, 3.63) is 46.5 Å². The summed E-state index contributed by atoms with van der Waals surface area (Å²) >= 11 is 0. The van der Waals surface area contributed by atoms with Gasteiger partial charge in [-0.3, -0.25) is 14.4 Å². The maximum absolute atomic E-state index is 13.3. The standard InChI is InChI=1S/C25H24O7/c1-4-11(2)8-9-16(28)31-22-18-13(23(30)25(3)24(22)32-25)10-15(27)19-17-12(21(29)20(18)19)6-5-7-14(17)26/h5-7,10-11,22,24,26-27H,4,8-9H2,1-3H3/t11?,22-,24+,25+/m1/s1. The number of benzene rings is 2. The lowest BCUT2D eigenvalue weighted by atomic mass is 9.78. The Balaban J connectivity index is 1.64. The van der Waals surface area contributed by atoms with Gasteiger partial charge < -0.3 is 19.7 Å². The van der Waals surface area contributed by atoms with Gasteiger partial charge in [0.1, 0.15) is 17.6 Å². The van der Waals surface area contributed by atoms with Gasteiger partial charge in [-0.2, -0.15) is 0 Å². The number of carbonyl (C=O) groups is 3. The Kier molecular flexibility index (Phi) is 4.47. The first-order valence-electron chi connectivity index (χ1n) is 10.9. The molecule has 0 spiro atoms. The third-order valence-corrected chi connectivity index (χ3v) is 7.02. The molecule has 32 heavy (non-hydrogen) atoms. The Labute approximate surface area is 185 Å². The van der Waals surface area contributed by atoms with E-state index in [0.717, 1.165) is 6.42 Å². The van der Waals surface area contributed by atoms with Crippen molar-refractivity contribution in [3.63, 3.8) is 0 Å². The topological polar surface area (TPSA) is 113 Å². The molecule has 2 aliphatic carbocycles. The molecule has 2 N–H and O–H groups in total. The first kappa shape index (κ1) is 20.7. The van der Waals surface area contributed by atoms with Gasteiger partial charge >= 0.3 is 5.97 Å². The molecular weight excluding hydrogens is 412 g/mol. The maximum Gasteiger partial charge on any atom is 0.306 e. The molecule has 0 aromatic heterocycles. The summed E-state index contributed by atoms with van der Waals surface area (Å²) < 4.78 is 11.5. The lowest BCUT2D eigenvalue weighted by Gasteiger charge is -2.27. The average Bonchev–Trinajstić information content (AvgIpc) is 3.38. The second-order valence-corrected chi connectivity index (χ2v) is 9.07. The number of carbonyl (C=O) groups excluding carboxylic acids is 3. The number of Topliss-reactive ketones (excluding diaryl/α,β-unsaturated/α-hetero) is 1. The van der Waals surface area contributed by atoms with Crippen molar-refractivity contribution >= 4 is 17.5 Å². The lowest BCUT2D eigenvalue weighted by Crippen LogP contribution is -2.36. The van der Waals surface area contributed by atoms with Gasteiger partial charge in [0.05, 0.1) is 0 Å². The molecule has 166 valence electrons. The minimum absolute atomic E-state index is 0.0853. The molecule has 0 saturated carbocycles. The van der Waals surface area contributed by atoms with E-state index in [4.69, 9.17) is 9.47 Å². The Hall–Kier alpha value is -3.19. The summed E-state index contributed by atoms with van der Waals surface area (Å²) in [4.78, 5) is 39.1. The molecule has 1 unspecified atom stereocenters. The highest BCUT2D eigenvalue weighted by Gasteiger charge is 2.68. The average molecular weight is 436 g/mol. The summed E-state index contributed by atoms with van der Waals surface area (Å²) in [5.74, 6) is -1.30. The highest BCUT2D eigenvalue weighted by Crippen LogP contribution is 2.58. The first-order valence-corrected chi connectivity index (χ1v) is 10.9. The lowest BCUT2D eigenvalue weighted by molar-refractivity contribution is -0.151. The fourth-order valence-electron chi connectivity index (χ4n) is 4.85. The van der Waals surface area contributed by atoms with Gasteiger partial charge in [0, 0.05) is 39.8 Å². The van der Waals surface area contributed by atoms with Crippen LogP contribution in [0.4, 0.5) is 0 Å². The molecule has 0 bridgehead atoms. The number of epoxide rings is 1. The third-order valence-electron chi connectivity index (χ3n) is 7.02. The summed E-state index contributed by atoms with van der Waals surface area (Å²) in [6.45, 7) is 5.73. The van der Waals surface area contributed by atoms with Crippen molar-refractivity contribution in [3.8, 4) is 22.6 Å². The van der Waals surface area contributed by atoms with E-state index in [1.807, 2.05) is 0 Å². The van der Waals surface area contributed by atoms with Gasteiger partial charge in [0.25, 0.3) is 0 Å². The third kappa shape index (κ3) is 2.73. The van der Waals surface area contributed by atoms with Crippen LogP contribution in [0.25, 0.3) is 11.1 Å². The van der Waals surface area contributed by atoms with Crippen molar-refractivity contribution in [2.24, 2.45) is 5.92 Å². The number of ketones is 2. The van der Waals surface area contributed by atoms with Crippen LogP contribution >= 0.6 is 0 Å². The number of fused-ring (bicyclic) bond motifs is 6. The first-order chi connectivity index (χ1) is 15.2. The van der Waals surface area contributed by atoms with Crippen LogP contribution in [0.1, 0.15) is 78.0 Å². The molecule has 0 radical (unpaired) electrons. The van der Waals surface area contributed by atoms with E-state index in [1.54, 1.807) is 19.1 Å². The number of rotatable bonds is 5. The van der Waals surface area contributed by atoms with Crippen LogP contribution in [0, 0.1) is 5.92 Å². The van der Waals surface area contributed by atoms with Crippen molar-refractivity contribution in [1.29, 1.82) is 0 Å². The molecule has 1 heterocycles. The predicted octanol–water partition coefficient (Wildman–Crippen LogP) is 4.07. The molecule has 2 aromatic rings. The number of esters is 1. The largest absolute Gasteiger partial charge is 0.507 e. The van der Waals surface area contributed by atoms with E-state index < -0.39 is 29.6 Å². The normalized spacial score (nSPS) is 25.5. The molecule has 0 amide bonds. The number of hydrogen-bond acceptors (Lipinski definition) is 7. The van der Waals surface area contributed by atoms with E-state index in [-0.39, 0.29) is 57.1 Å². The van der Waals surface area contributed by atoms with Gasteiger partial charge in [-0.15, -0.1) is 0 Å². The SMILES string of the molecule is CCC(C)CCC(=O)O[C@@H]1c2c(cc(O)c3c2C(=O)c2cccc(O)c2-3)C(=O)[C@]2(C)O[C@@H]12. The molecule has 1 saturated heterocycles. The second kappa shape index (κ2) is 6.90. The van der Waals surface area contributed by atoms with E-state index in [9.17, 15) is 24.6 Å². The number of phenols is 2. The Morgan fingerprint density at radius 2 is 1.91 bits per heavy atom. The van der Waals surface area contributed by atoms with Crippen LogP contribution in [-0.2, 0) is 14.3 Å². The van der Waals surface area contributed by atoms with E-state index >= 15 is 0 Å². The minimum atomic E-state index is -1.16. The highest BCUT2D eigenvalue weighted by atomic mass is 16.6. The predicted molar refractivity (Wildman–Crippen MR) is 114 cm³/mol. The van der Waals surface area contributed by atoms with Crippen LogP contribution in [-0.4, -0.2) is 39.5 Å². The molecule has 7 heteroatoms. The van der Waals surface area contributed by atoms with Crippen LogP contribution in [0.3, 0.4) is 0 Å². The summed E-state index contributed by atoms with van der Waals surface area (Å²) in [6.07, 6.45) is 0.178. The van der Waals surface area contributed by atoms with Crippen molar-refractivity contribution < 1.29 is 34.1 Å². The minimum Gasteiger partial charge on any atom is -0.507 e. The second-order valence-electron chi connectivity index (χ2n) is 9.07. The Morgan fingerprint density at radius 1 is 1.16 bits per heavy atom. The van der Waals surface area contributed by atoms with Crippen LogP contribution in [0.15, 0.2) is 24.3 Å². The zero-order valence-corrected chi connectivity index (χ0v) is 18.1. The Morgan fingerprint density at radius 3 is 2.62 bits per heavy atom. The number of hydrogen-bond donors (Lipinski definition) is 2. The summed E-state index contributed by atoms with van der Waals surface area (Å²) in [5, 5.41) is 21.1. The zero-order chi connectivity index (χ0) is 22.9. The molecule has 1 fully saturated rings. The van der Waals surface area contributed by atoms with Gasteiger partial charge in [-0.1, -0.05) is 32.4 Å². The fourth-order valence-corrected chi connectivity index (χ4v) is 4.85. The highest BCUT2D eigenvalue weighted by molar-refractivity contribution is 6.26. The van der Waals surface area contributed by atoms with Gasteiger partial charge in [-0.25, -0.2) is 0 Å². The molecule has 7 nitrogen and oxygen atoms in total.